The zero-order valence-electron chi connectivity index (χ0n) is 15.8. The number of hydrogen-bond acceptors (Lipinski definition) is 4. The molecule has 8 heteroatoms. The fraction of sp³-hybridized carbons (Fsp3) is 0.316. The standard InChI is InChI=1S/C19H26N4O2S2/c1-15-9-10-16(18(13-15)26-3)14-22-19(20-2)21-11-12-23-27(24,25)17-7-5-4-6-8-17/h4-10,13,23H,11-12,14H2,1-3H3,(H2,20,21,22). The fourth-order valence-corrected chi connectivity index (χ4v) is 4.21. The van der Waals surface area contributed by atoms with Crippen LogP contribution in [0.3, 0.4) is 0 Å². The van der Waals surface area contributed by atoms with E-state index < -0.39 is 10.0 Å². The van der Waals surface area contributed by atoms with E-state index in [2.05, 4.69) is 51.7 Å². The van der Waals surface area contributed by atoms with Crippen molar-refractivity contribution in [2.45, 2.75) is 23.3 Å². The molecule has 27 heavy (non-hydrogen) atoms. The van der Waals surface area contributed by atoms with Crippen LogP contribution in [0, 0.1) is 6.92 Å². The van der Waals surface area contributed by atoms with E-state index in [1.165, 1.54) is 16.0 Å². The first-order chi connectivity index (χ1) is 13.0. The summed E-state index contributed by atoms with van der Waals surface area (Å²) in [5.41, 5.74) is 2.43. The summed E-state index contributed by atoms with van der Waals surface area (Å²) in [6, 6.07) is 14.7. The third-order valence-electron chi connectivity index (χ3n) is 3.88. The van der Waals surface area contributed by atoms with Gasteiger partial charge in [-0.25, -0.2) is 13.1 Å². The number of nitrogens with one attached hydrogen (secondary N) is 3. The fourth-order valence-electron chi connectivity index (χ4n) is 2.45. The Labute approximate surface area is 165 Å². The molecule has 2 rings (SSSR count). The van der Waals surface area contributed by atoms with Gasteiger partial charge in [-0.3, -0.25) is 4.99 Å². The van der Waals surface area contributed by atoms with E-state index in [1.54, 1.807) is 49.1 Å². The number of aliphatic imine (C=N–C) groups is 1. The summed E-state index contributed by atoms with van der Waals surface area (Å²) in [6.07, 6.45) is 2.06. The number of sulfonamides is 1. The van der Waals surface area contributed by atoms with Crippen molar-refractivity contribution >= 4 is 27.7 Å². The van der Waals surface area contributed by atoms with Crippen LogP contribution in [-0.4, -0.2) is 40.8 Å². The number of hydrogen-bond donors (Lipinski definition) is 3. The molecule has 0 spiro atoms. The summed E-state index contributed by atoms with van der Waals surface area (Å²) >= 11 is 1.71. The normalized spacial score (nSPS) is 12.0. The van der Waals surface area contributed by atoms with Crippen molar-refractivity contribution in [1.82, 2.24) is 15.4 Å². The van der Waals surface area contributed by atoms with E-state index in [0.717, 1.165) is 0 Å². The first kappa shape index (κ1) is 21.3. The molecule has 0 aliphatic heterocycles. The Morgan fingerprint density at radius 1 is 1.07 bits per heavy atom. The molecule has 0 radical (unpaired) electrons. The monoisotopic (exact) mass is 406 g/mol. The quantitative estimate of drug-likeness (QED) is 0.271. The molecule has 2 aromatic carbocycles. The van der Waals surface area contributed by atoms with Gasteiger partial charge in [-0.15, -0.1) is 11.8 Å². The predicted octanol–water partition coefficient (Wildman–Crippen LogP) is 2.36. The Morgan fingerprint density at radius 3 is 2.48 bits per heavy atom. The van der Waals surface area contributed by atoms with Crippen molar-refractivity contribution < 1.29 is 8.42 Å². The van der Waals surface area contributed by atoms with Crippen molar-refractivity contribution in [1.29, 1.82) is 0 Å². The highest BCUT2D eigenvalue weighted by atomic mass is 32.2. The summed E-state index contributed by atoms with van der Waals surface area (Å²) in [5.74, 6) is 0.626. The van der Waals surface area contributed by atoms with E-state index in [4.69, 9.17) is 0 Å². The lowest BCUT2D eigenvalue weighted by atomic mass is 10.1. The van der Waals surface area contributed by atoms with Crippen LogP contribution in [0.15, 0.2) is 63.3 Å². The Bertz CT molecular complexity index is 869. The van der Waals surface area contributed by atoms with Gasteiger partial charge in [0.25, 0.3) is 0 Å². The van der Waals surface area contributed by atoms with Crippen molar-refractivity contribution in [3.05, 3.63) is 59.7 Å². The van der Waals surface area contributed by atoms with E-state index in [1.807, 2.05) is 0 Å². The molecule has 0 fully saturated rings. The van der Waals surface area contributed by atoms with Crippen molar-refractivity contribution in [2.75, 3.05) is 26.4 Å². The Morgan fingerprint density at radius 2 is 1.81 bits per heavy atom. The van der Waals surface area contributed by atoms with Gasteiger partial charge in [-0.2, -0.15) is 0 Å². The lowest BCUT2D eigenvalue weighted by molar-refractivity contribution is 0.580. The van der Waals surface area contributed by atoms with Crippen LogP contribution < -0.4 is 15.4 Å². The third kappa shape index (κ3) is 6.57. The topological polar surface area (TPSA) is 82.6 Å². The molecule has 0 unspecified atom stereocenters. The summed E-state index contributed by atoms with van der Waals surface area (Å²) in [4.78, 5) is 5.67. The molecule has 0 aliphatic carbocycles. The zero-order chi connectivity index (χ0) is 19.7. The second-order valence-corrected chi connectivity index (χ2v) is 8.49. The molecule has 0 amide bonds. The first-order valence-corrected chi connectivity index (χ1v) is 11.3. The molecule has 0 bridgehead atoms. The van der Waals surface area contributed by atoms with E-state index >= 15 is 0 Å². The van der Waals surface area contributed by atoms with Crippen LogP contribution in [0.4, 0.5) is 0 Å². The molecule has 0 heterocycles. The SMILES string of the molecule is CN=C(NCCNS(=O)(=O)c1ccccc1)NCc1ccc(C)cc1SC. The maximum Gasteiger partial charge on any atom is 0.240 e. The molecule has 0 saturated heterocycles. The van der Waals surface area contributed by atoms with E-state index in [-0.39, 0.29) is 11.4 Å². The molecule has 6 nitrogen and oxygen atoms in total. The van der Waals surface area contributed by atoms with Gasteiger partial charge in [0.1, 0.15) is 0 Å². The Kier molecular flexibility index (Phi) is 8.15. The van der Waals surface area contributed by atoms with E-state index in [9.17, 15) is 8.42 Å². The molecule has 0 aromatic heterocycles. The highest BCUT2D eigenvalue weighted by molar-refractivity contribution is 7.98. The second-order valence-electron chi connectivity index (χ2n) is 5.88. The third-order valence-corrected chi connectivity index (χ3v) is 6.17. The van der Waals surface area contributed by atoms with Crippen LogP contribution in [-0.2, 0) is 16.6 Å². The summed E-state index contributed by atoms with van der Waals surface area (Å²) in [7, 11) is -1.80. The number of thioether (sulfide) groups is 1. The summed E-state index contributed by atoms with van der Waals surface area (Å²) < 4.78 is 26.9. The van der Waals surface area contributed by atoms with Gasteiger partial charge in [-0.05, 0) is 42.5 Å². The maximum absolute atomic E-state index is 12.2. The minimum absolute atomic E-state index is 0.261. The van der Waals surface area contributed by atoms with Crippen molar-refractivity contribution in [3.63, 3.8) is 0 Å². The van der Waals surface area contributed by atoms with Gasteiger partial charge in [-0.1, -0.05) is 30.3 Å². The van der Waals surface area contributed by atoms with Gasteiger partial charge in [0.05, 0.1) is 4.90 Å². The van der Waals surface area contributed by atoms with Crippen LogP contribution >= 0.6 is 11.8 Å². The van der Waals surface area contributed by atoms with Gasteiger partial charge in [0, 0.05) is 31.6 Å². The maximum atomic E-state index is 12.2. The molecular weight excluding hydrogens is 380 g/mol. The van der Waals surface area contributed by atoms with Crippen molar-refractivity contribution in [3.8, 4) is 0 Å². The lowest BCUT2D eigenvalue weighted by Crippen LogP contribution is -2.41. The number of guanidine groups is 1. The summed E-state index contributed by atoms with van der Waals surface area (Å²) in [5, 5.41) is 6.38. The molecule has 0 aliphatic rings. The first-order valence-electron chi connectivity index (χ1n) is 8.59. The number of nitrogens with zero attached hydrogens (tertiary/aromatic N) is 1. The van der Waals surface area contributed by atoms with Crippen LogP contribution in [0.25, 0.3) is 0 Å². The minimum Gasteiger partial charge on any atom is -0.355 e. The van der Waals surface area contributed by atoms with Crippen LogP contribution in [0.2, 0.25) is 0 Å². The molecule has 0 saturated carbocycles. The van der Waals surface area contributed by atoms with Crippen LogP contribution in [0.5, 0.6) is 0 Å². The average molecular weight is 407 g/mol. The van der Waals surface area contributed by atoms with Gasteiger partial charge in [0.2, 0.25) is 10.0 Å². The zero-order valence-corrected chi connectivity index (χ0v) is 17.5. The highest BCUT2D eigenvalue weighted by Crippen LogP contribution is 2.21. The van der Waals surface area contributed by atoms with Gasteiger partial charge >= 0.3 is 0 Å². The van der Waals surface area contributed by atoms with E-state index in [0.29, 0.717) is 19.0 Å². The van der Waals surface area contributed by atoms with Gasteiger partial charge < -0.3 is 10.6 Å². The van der Waals surface area contributed by atoms with Crippen molar-refractivity contribution in [2.24, 2.45) is 4.99 Å². The molecule has 2 aromatic rings. The summed E-state index contributed by atoms with van der Waals surface area (Å²) in [6.45, 7) is 3.41. The number of benzene rings is 2. The van der Waals surface area contributed by atoms with Gasteiger partial charge in [0.15, 0.2) is 5.96 Å². The largest absolute Gasteiger partial charge is 0.355 e. The lowest BCUT2D eigenvalue weighted by Gasteiger charge is -2.14. The van der Waals surface area contributed by atoms with Crippen LogP contribution in [0.1, 0.15) is 11.1 Å². The Balaban J connectivity index is 1.81. The molecule has 0 atom stereocenters. The smallest absolute Gasteiger partial charge is 0.240 e. The average Bonchev–Trinajstić information content (AvgIpc) is 2.68. The molecular formula is C19H26N4O2S2. The Hall–Kier alpha value is -2.03. The predicted molar refractivity (Wildman–Crippen MR) is 113 cm³/mol. The molecule has 3 N–H and O–H groups in total. The second kappa shape index (κ2) is 10.3. The minimum atomic E-state index is -3.49. The number of rotatable bonds is 8. The molecule has 146 valence electrons. The highest BCUT2D eigenvalue weighted by Gasteiger charge is 2.12. The number of aryl methyl sites for hydroxylation is 1.